The second-order valence-electron chi connectivity index (χ2n) is 8.13. The Morgan fingerprint density at radius 1 is 1.27 bits per heavy atom. The first kappa shape index (κ1) is 19.2. The molecular formula is C19H29N3O3S. The average Bonchev–Trinajstić information content (AvgIpc) is 3.02. The first-order chi connectivity index (χ1) is 12.3. The number of piperidine rings is 1. The smallest absolute Gasteiger partial charge is 0.407 e. The van der Waals surface area contributed by atoms with Crippen LogP contribution in [-0.4, -0.2) is 59.6 Å². The zero-order valence-corrected chi connectivity index (χ0v) is 16.7. The minimum atomic E-state index is -0.478. The van der Waals surface area contributed by atoms with E-state index in [4.69, 9.17) is 4.74 Å². The monoisotopic (exact) mass is 379 g/mol. The molecule has 26 heavy (non-hydrogen) atoms. The van der Waals surface area contributed by atoms with Crippen LogP contribution in [0.5, 0.6) is 0 Å². The van der Waals surface area contributed by atoms with Gasteiger partial charge in [0.05, 0.1) is 6.54 Å². The predicted octanol–water partition coefficient (Wildman–Crippen LogP) is 2.62. The second-order valence-corrected chi connectivity index (χ2v) is 9.13. The number of hydrogen-bond donors (Lipinski definition) is 1. The third-order valence-corrected chi connectivity index (χ3v) is 5.85. The van der Waals surface area contributed by atoms with Crippen molar-refractivity contribution >= 4 is 23.3 Å². The number of hydrogen-bond acceptors (Lipinski definition) is 5. The summed E-state index contributed by atoms with van der Waals surface area (Å²) < 4.78 is 5.31. The maximum atomic E-state index is 12.6. The lowest BCUT2D eigenvalue weighted by Crippen LogP contribution is -2.49. The fourth-order valence-corrected chi connectivity index (χ4v) is 4.35. The zero-order valence-electron chi connectivity index (χ0n) is 15.9. The van der Waals surface area contributed by atoms with Gasteiger partial charge in [0.1, 0.15) is 5.60 Å². The van der Waals surface area contributed by atoms with Crippen LogP contribution in [0.1, 0.15) is 44.1 Å². The number of carbonyl (C=O) groups is 2. The Kier molecular flexibility index (Phi) is 5.87. The van der Waals surface area contributed by atoms with Gasteiger partial charge >= 0.3 is 6.09 Å². The fraction of sp³-hybridized carbons (Fsp3) is 0.684. The normalized spacial score (nSPS) is 19.1. The van der Waals surface area contributed by atoms with Gasteiger partial charge in [0.2, 0.25) is 5.91 Å². The zero-order chi connectivity index (χ0) is 18.7. The molecule has 0 radical (unpaired) electrons. The van der Waals surface area contributed by atoms with Crippen LogP contribution < -0.4 is 5.32 Å². The quantitative estimate of drug-likeness (QED) is 0.877. The highest BCUT2D eigenvalue weighted by Crippen LogP contribution is 2.24. The Bertz CT molecular complexity index is 645. The number of rotatable bonds is 3. The number of nitrogens with one attached hydrogen (secondary N) is 1. The lowest BCUT2D eigenvalue weighted by molar-refractivity contribution is -0.133. The summed E-state index contributed by atoms with van der Waals surface area (Å²) >= 11 is 1.79. The Hall–Kier alpha value is -1.60. The van der Waals surface area contributed by atoms with E-state index in [0.717, 1.165) is 45.4 Å². The van der Waals surface area contributed by atoms with Crippen LogP contribution in [-0.2, 0) is 22.5 Å². The summed E-state index contributed by atoms with van der Waals surface area (Å²) in [6.07, 6.45) is 2.31. The fourth-order valence-electron chi connectivity index (χ4n) is 3.46. The molecule has 2 aliphatic heterocycles. The van der Waals surface area contributed by atoms with E-state index in [9.17, 15) is 9.59 Å². The molecule has 0 bridgehead atoms. The molecule has 1 N–H and O–H groups in total. The highest BCUT2D eigenvalue weighted by molar-refractivity contribution is 7.10. The molecule has 6 nitrogen and oxygen atoms in total. The molecule has 0 spiro atoms. The molecule has 144 valence electrons. The van der Waals surface area contributed by atoms with Crippen LogP contribution in [0, 0.1) is 0 Å². The maximum Gasteiger partial charge on any atom is 0.407 e. The number of alkyl carbamates (subject to hydrolysis) is 1. The molecule has 1 aromatic heterocycles. The van der Waals surface area contributed by atoms with E-state index in [2.05, 4.69) is 21.7 Å². The Balaban J connectivity index is 1.40. The van der Waals surface area contributed by atoms with Gasteiger partial charge in [-0.15, -0.1) is 11.3 Å². The summed E-state index contributed by atoms with van der Waals surface area (Å²) in [5.74, 6) is 0.209. The van der Waals surface area contributed by atoms with Crippen molar-refractivity contribution in [3.8, 4) is 0 Å². The van der Waals surface area contributed by atoms with E-state index in [1.165, 1.54) is 10.4 Å². The largest absolute Gasteiger partial charge is 0.444 e. The van der Waals surface area contributed by atoms with Gasteiger partial charge in [-0.2, -0.15) is 0 Å². The first-order valence-electron chi connectivity index (χ1n) is 9.35. The molecular weight excluding hydrogens is 350 g/mol. The lowest BCUT2D eigenvalue weighted by atomic mass is 10.0. The van der Waals surface area contributed by atoms with Crippen molar-refractivity contribution in [1.29, 1.82) is 0 Å². The van der Waals surface area contributed by atoms with Crippen LogP contribution >= 0.6 is 11.3 Å². The summed E-state index contributed by atoms with van der Waals surface area (Å²) in [7, 11) is 0. The second kappa shape index (κ2) is 7.96. The molecule has 2 amide bonds. The van der Waals surface area contributed by atoms with Crippen molar-refractivity contribution in [1.82, 2.24) is 15.1 Å². The van der Waals surface area contributed by atoms with Crippen LogP contribution in [0.2, 0.25) is 0 Å². The number of carbonyl (C=O) groups excluding carboxylic acids is 2. The van der Waals surface area contributed by atoms with Crippen molar-refractivity contribution in [3.05, 3.63) is 21.9 Å². The molecule has 0 aliphatic carbocycles. The molecule has 7 heteroatoms. The molecule has 2 aliphatic rings. The molecule has 0 unspecified atom stereocenters. The summed E-state index contributed by atoms with van der Waals surface area (Å²) in [5.41, 5.74) is 0.823. The van der Waals surface area contributed by atoms with Crippen LogP contribution in [0.15, 0.2) is 11.4 Å². The third-order valence-electron chi connectivity index (χ3n) is 4.83. The topological polar surface area (TPSA) is 61.9 Å². The minimum Gasteiger partial charge on any atom is -0.444 e. The molecule has 1 aromatic rings. The molecule has 3 rings (SSSR count). The molecule has 1 fully saturated rings. The molecule has 3 heterocycles. The summed E-state index contributed by atoms with van der Waals surface area (Å²) in [6.45, 7) is 9.27. The van der Waals surface area contributed by atoms with Crippen LogP contribution in [0.4, 0.5) is 4.79 Å². The van der Waals surface area contributed by atoms with Crippen LogP contribution in [0.25, 0.3) is 0 Å². The lowest BCUT2D eigenvalue weighted by Gasteiger charge is -2.34. The molecule has 0 saturated carbocycles. The first-order valence-corrected chi connectivity index (χ1v) is 10.2. The van der Waals surface area contributed by atoms with Gasteiger partial charge in [-0.25, -0.2) is 4.79 Å². The van der Waals surface area contributed by atoms with Crippen LogP contribution in [0.3, 0.4) is 0 Å². The van der Waals surface area contributed by atoms with Gasteiger partial charge in [-0.05, 0) is 57.0 Å². The van der Waals surface area contributed by atoms with Crippen molar-refractivity contribution in [3.63, 3.8) is 0 Å². The van der Waals surface area contributed by atoms with Gasteiger partial charge in [0.15, 0.2) is 0 Å². The number of fused-ring (bicyclic) bond motifs is 1. The maximum absolute atomic E-state index is 12.6. The molecule has 0 atom stereocenters. The SMILES string of the molecule is CC(C)(C)OC(=O)NC1CCN(CC(=O)N2CCc3sccc3C2)CC1. The number of nitrogens with zero attached hydrogens (tertiary/aromatic N) is 2. The van der Waals surface area contributed by atoms with E-state index in [1.807, 2.05) is 25.7 Å². The number of thiophene rings is 1. The minimum absolute atomic E-state index is 0.125. The van der Waals surface area contributed by atoms with E-state index in [-0.39, 0.29) is 18.0 Å². The van der Waals surface area contributed by atoms with Gasteiger partial charge in [-0.3, -0.25) is 9.69 Å². The van der Waals surface area contributed by atoms with Gasteiger partial charge in [-0.1, -0.05) is 0 Å². The predicted molar refractivity (Wildman–Crippen MR) is 102 cm³/mol. The van der Waals surface area contributed by atoms with Gasteiger partial charge < -0.3 is 15.0 Å². The number of ether oxygens (including phenoxy) is 1. The number of amides is 2. The summed E-state index contributed by atoms with van der Waals surface area (Å²) in [5, 5.41) is 5.05. The average molecular weight is 380 g/mol. The number of likely N-dealkylation sites (tertiary alicyclic amines) is 1. The molecule has 1 saturated heterocycles. The van der Waals surface area contributed by atoms with E-state index < -0.39 is 5.60 Å². The highest BCUT2D eigenvalue weighted by atomic mass is 32.1. The Morgan fingerprint density at radius 2 is 2.00 bits per heavy atom. The Morgan fingerprint density at radius 3 is 2.69 bits per heavy atom. The summed E-state index contributed by atoms with van der Waals surface area (Å²) in [4.78, 5) is 30.1. The van der Waals surface area contributed by atoms with Crippen molar-refractivity contribution < 1.29 is 14.3 Å². The van der Waals surface area contributed by atoms with E-state index in [1.54, 1.807) is 11.3 Å². The van der Waals surface area contributed by atoms with Gasteiger partial charge in [0, 0.05) is 37.1 Å². The van der Waals surface area contributed by atoms with Gasteiger partial charge in [0.25, 0.3) is 0 Å². The van der Waals surface area contributed by atoms with E-state index in [0.29, 0.717) is 6.54 Å². The highest BCUT2D eigenvalue weighted by Gasteiger charge is 2.27. The Labute approximate surface area is 159 Å². The van der Waals surface area contributed by atoms with Crippen molar-refractivity contribution in [2.75, 3.05) is 26.2 Å². The standard InChI is InChI=1S/C19H29N3O3S/c1-19(2,3)25-18(24)20-15-4-8-21(9-5-15)13-17(23)22-10-6-16-14(12-22)7-11-26-16/h7,11,15H,4-6,8-10,12-13H2,1-3H3,(H,20,24). The third kappa shape index (κ3) is 5.20. The summed E-state index contributed by atoms with van der Waals surface area (Å²) in [6, 6.07) is 2.26. The van der Waals surface area contributed by atoms with Crippen molar-refractivity contribution in [2.24, 2.45) is 0 Å². The van der Waals surface area contributed by atoms with Crippen molar-refractivity contribution in [2.45, 2.75) is 58.2 Å². The molecule has 0 aromatic carbocycles. The van der Waals surface area contributed by atoms with E-state index >= 15 is 0 Å².